The zero-order valence-electron chi connectivity index (χ0n) is 18.8. The average Bonchev–Trinajstić information content (AvgIpc) is 3.28. The van der Waals surface area contributed by atoms with Crippen LogP contribution in [0.2, 0.25) is 0 Å². The van der Waals surface area contributed by atoms with Crippen molar-refractivity contribution in [1.82, 2.24) is 14.3 Å². The Balaban J connectivity index is 1.31. The number of hydrogen-bond acceptors (Lipinski definition) is 6. The molecule has 0 saturated carbocycles. The lowest BCUT2D eigenvalue weighted by Gasteiger charge is -2.35. The summed E-state index contributed by atoms with van der Waals surface area (Å²) in [5, 5.41) is 12.5. The van der Waals surface area contributed by atoms with E-state index >= 15 is 0 Å². The quantitative estimate of drug-likeness (QED) is 0.451. The zero-order chi connectivity index (χ0) is 24.1. The van der Waals surface area contributed by atoms with E-state index in [4.69, 9.17) is 4.74 Å². The fourth-order valence-electron chi connectivity index (χ4n) is 4.00. The van der Waals surface area contributed by atoms with Crippen LogP contribution in [0.4, 0.5) is 5.69 Å². The Labute approximate surface area is 198 Å². The standard InChI is InChI=1S/C24H28N4O5S/c1-28-14-24(25-16-28)34(31,32)27-21-12-11-20(33-22(21)15-29)13-23(30)26-19-9-7-18(8-10-19)17-5-3-2-4-6-17/h2-10,14,16,20-22,27,29H,11-13,15H2,1H3,(H,26,30)/t20-,21-,22-/m0/s1. The Kier molecular flexibility index (Phi) is 7.42. The van der Waals surface area contributed by atoms with E-state index in [0.29, 0.717) is 18.5 Å². The predicted octanol–water partition coefficient (Wildman–Crippen LogP) is 2.30. The van der Waals surface area contributed by atoms with Gasteiger partial charge >= 0.3 is 0 Å². The molecule has 0 aliphatic carbocycles. The molecule has 3 aromatic rings. The van der Waals surface area contributed by atoms with E-state index in [9.17, 15) is 18.3 Å². The van der Waals surface area contributed by atoms with E-state index in [1.54, 1.807) is 11.6 Å². The van der Waals surface area contributed by atoms with Crippen molar-refractivity contribution >= 4 is 21.6 Å². The van der Waals surface area contributed by atoms with Gasteiger partial charge in [-0.05, 0) is 36.1 Å². The number of amides is 1. The molecule has 9 nitrogen and oxygen atoms in total. The third kappa shape index (κ3) is 5.89. The van der Waals surface area contributed by atoms with Crippen LogP contribution in [0.1, 0.15) is 19.3 Å². The number of benzene rings is 2. The molecule has 0 spiro atoms. The van der Waals surface area contributed by atoms with E-state index in [1.165, 1.54) is 12.5 Å². The number of carbonyl (C=O) groups excluding carboxylic acids is 1. The summed E-state index contributed by atoms with van der Waals surface area (Å²) < 4.78 is 35.1. The van der Waals surface area contributed by atoms with Gasteiger partial charge in [-0.15, -0.1) is 0 Å². The number of aromatic nitrogens is 2. The first-order chi connectivity index (χ1) is 16.3. The first-order valence-corrected chi connectivity index (χ1v) is 12.5. The van der Waals surface area contributed by atoms with Crippen molar-refractivity contribution in [2.75, 3.05) is 11.9 Å². The summed E-state index contributed by atoms with van der Waals surface area (Å²) in [6, 6.07) is 16.9. The van der Waals surface area contributed by atoms with Crippen LogP contribution in [-0.2, 0) is 26.6 Å². The van der Waals surface area contributed by atoms with Crippen molar-refractivity contribution in [3.8, 4) is 11.1 Å². The van der Waals surface area contributed by atoms with Crippen molar-refractivity contribution in [3.63, 3.8) is 0 Å². The molecule has 34 heavy (non-hydrogen) atoms. The normalized spacial score (nSPS) is 20.7. The van der Waals surface area contributed by atoms with Gasteiger partial charge in [0.15, 0.2) is 5.03 Å². The molecular formula is C24H28N4O5S. The minimum Gasteiger partial charge on any atom is -0.394 e. The average molecular weight is 485 g/mol. The van der Waals surface area contributed by atoms with Crippen LogP contribution < -0.4 is 10.0 Å². The number of aliphatic hydroxyl groups excluding tert-OH is 1. The Hall–Kier alpha value is -3.05. The maximum atomic E-state index is 12.6. The van der Waals surface area contributed by atoms with Gasteiger partial charge in [-0.2, -0.15) is 0 Å². The molecule has 0 unspecified atom stereocenters. The van der Waals surface area contributed by atoms with Crippen LogP contribution in [0.5, 0.6) is 0 Å². The molecule has 1 aliphatic heterocycles. The van der Waals surface area contributed by atoms with E-state index < -0.39 is 28.3 Å². The summed E-state index contributed by atoms with van der Waals surface area (Å²) in [4.78, 5) is 16.4. The lowest BCUT2D eigenvalue weighted by Crippen LogP contribution is -2.51. The van der Waals surface area contributed by atoms with Gasteiger partial charge < -0.3 is 19.7 Å². The van der Waals surface area contributed by atoms with Gasteiger partial charge in [-0.1, -0.05) is 42.5 Å². The highest BCUT2D eigenvalue weighted by Crippen LogP contribution is 2.25. The molecule has 1 aliphatic rings. The monoisotopic (exact) mass is 484 g/mol. The second-order valence-corrected chi connectivity index (χ2v) is 10.0. The SMILES string of the molecule is Cn1cnc(S(=O)(=O)N[C@H]2CC[C@@H](CC(=O)Nc3ccc(-c4ccccc4)cc3)O[C@H]2CO)c1. The molecule has 2 heterocycles. The van der Waals surface area contributed by atoms with Crippen LogP contribution >= 0.6 is 0 Å². The maximum absolute atomic E-state index is 12.6. The number of nitrogens with zero attached hydrogens (tertiary/aromatic N) is 2. The van der Waals surface area contributed by atoms with Gasteiger partial charge in [0, 0.05) is 18.9 Å². The third-order valence-corrected chi connectivity index (χ3v) is 7.12. The number of hydrogen-bond donors (Lipinski definition) is 3. The largest absolute Gasteiger partial charge is 0.394 e. The summed E-state index contributed by atoms with van der Waals surface area (Å²) in [7, 11) is -2.16. The van der Waals surface area contributed by atoms with Crippen molar-refractivity contribution in [2.24, 2.45) is 7.05 Å². The maximum Gasteiger partial charge on any atom is 0.259 e. The summed E-state index contributed by atoms with van der Waals surface area (Å²) in [6.07, 6.45) is 2.65. The van der Waals surface area contributed by atoms with Crippen LogP contribution in [0.3, 0.4) is 0 Å². The first kappa shape index (κ1) is 24.1. The number of rotatable bonds is 8. The smallest absolute Gasteiger partial charge is 0.259 e. The molecule has 180 valence electrons. The lowest BCUT2D eigenvalue weighted by atomic mass is 9.98. The van der Waals surface area contributed by atoms with E-state index in [1.807, 2.05) is 54.6 Å². The van der Waals surface area contributed by atoms with E-state index in [2.05, 4.69) is 15.0 Å². The Morgan fingerprint density at radius 2 is 1.82 bits per heavy atom. The Bertz CT molecular complexity index is 1210. The van der Waals surface area contributed by atoms with Gasteiger partial charge in [-0.3, -0.25) is 4.79 Å². The van der Waals surface area contributed by atoms with Gasteiger partial charge in [0.1, 0.15) is 0 Å². The number of aryl methyl sites for hydroxylation is 1. The number of nitrogens with one attached hydrogen (secondary N) is 2. The molecule has 1 aromatic heterocycles. The van der Waals surface area contributed by atoms with Crippen molar-refractivity contribution in [1.29, 1.82) is 0 Å². The highest BCUT2D eigenvalue weighted by Gasteiger charge is 2.35. The molecule has 0 radical (unpaired) electrons. The predicted molar refractivity (Wildman–Crippen MR) is 127 cm³/mol. The molecule has 4 rings (SSSR count). The number of ether oxygens (including phenoxy) is 1. The second kappa shape index (κ2) is 10.5. The number of aliphatic hydroxyl groups is 1. The molecule has 3 N–H and O–H groups in total. The minimum atomic E-state index is -3.84. The third-order valence-electron chi connectivity index (χ3n) is 5.75. The molecule has 1 fully saturated rings. The van der Waals surface area contributed by atoms with Crippen molar-refractivity contribution in [2.45, 2.75) is 42.5 Å². The summed E-state index contributed by atoms with van der Waals surface area (Å²) >= 11 is 0. The molecular weight excluding hydrogens is 456 g/mol. The summed E-state index contributed by atoms with van der Waals surface area (Å²) in [5.41, 5.74) is 2.83. The van der Waals surface area contributed by atoms with Crippen molar-refractivity contribution < 1.29 is 23.1 Å². The van der Waals surface area contributed by atoms with E-state index in [0.717, 1.165) is 11.1 Å². The fraction of sp³-hybridized carbons (Fsp3) is 0.333. The van der Waals surface area contributed by atoms with Crippen LogP contribution in [0.15, 0.2) is 72.1 Å². The number of imidazole rings is 1. The lowest BCUT2D eigenvalue weighted by molar-refractivity contribution is -0.126. The van der Waals surface area contributed by atoms with Crippen LogP contribution in [0, 0.1) is 0 Å². The highest BCUT2D eigenvalue weighted by atomic mass is 32.2. The van der Waals surface area contributed by atoms with Crippen LogP contribution in [0.25, 0.3) is 11.1 Å². The Morgan fingerprint density at radius 1 is 1.12 bits per heavy atom. The Morgan fingerprint density at radius 3 is 2.47 bits per heavy atom. The van der Waals surface area contributed by atoms with Crippen LogP contribution in [-0.4, -0.2) is 53.8 Å². The molecule has 3 atom stereocenters. The minimum absolute atomic E-state index is 0.0912. The number of carbonyl (C=O) groups is 1. The van der Waals surface area contributed by atoms with Gasteiger partial charge in [0.05, 0.1) is 37.6 Å². The van der Waals surface area contributed by atoms with Crippen molar-refractivity contribution in [3.05, 3.63) is 67.1 Å². The summed E-state index contributed by atoms with van der Waals surface area (Å²) in [6.45, 7) is -0.367. The first-order valence-electron chi connectivity index (χ1n) is 11.1. The van der Waals surface area contributed by atoms with Gasteiger partial charge in [0.25, 0.3) is 10.0 Å². The van der Waals surface area contributed by atoms with Gasteiger partial charge in [0.2, 0.25) is 5.91 Å². The number of sulfonamides is 1. The molecule has 2 aromatic carbocycles. The zero-order valence-corrected chi connectivity index (χ0v) is 19.6. The summed E-state index contributed by atoms with van der Waals surface area (Å²) in [5.74, 6) is -0.207. The number of anilines is 1. The fourth-order valence-corrected chi connectivity index (χ4v) is 5.28. The molecule has 1 saturated heterocycles. The second-order valence-electron chi connectivity index (χ2n) is 8.36. The van der Waals surface area contributed by atoms with Gasteiger partial charge in [-0.25, -0.2) is 18.1 Å². The molecule has 1 amide bonds. The molecule has 10 heteroatoms. The topological polar surface area (TPSA) is 123 Å². The molecule has 0 bridgehead atoms. The van der Waals surface area contributed by atoms with E-state index in [-0.39, 0.29) is 24.0 Å². The highest BCUT2D eigenvalue weighted by molar-refractivity contribution is 7.89.